The minimum atomic E-state index is 0.279. The maximum atomic E-state index is 10.5. The first-order valence-corrected chi connectivity index (χ1v) is 4.88. The lowest BCUT2D eigenvalue weighted by molar-refractivity contribution is 0.112. The number of hydrogen-bond acceptors (Lipinski definition) is 4. The Hall–Kier alpha value is -2.61. The number of aldehydes is 1. The molecule has 2 aromatic rings. The van der Waals surface area contributed by atoms with Crippen LogP contribution in [0.4, 0.5) is 0 Å². The molecule has 17 heavy (non-hydrogen) atoms. The number of carbonyl (C=O) groups is 1. The average molecular weight is 227 g/mol. The number of hydrogen-bond donors (Lipinski definition) is 0. The van der Waals surface area contributed by atoms with E-state index < -0.39 is 0 Å². The first kappa shape index (κ1) is 10.9. The van der Waals surface area contributed by atoms with E-state index in [1.54, 1.807) is 30.3 Å². The number of aromatic nitrogens is 2. The molecule has 0 amide bonds. The molecule has 1 heterocycles. The van der Waals surface area contributed by atoms with E-state index in [2.05, 4.69) is 5.10 Å². The smallest absolute Gasteiger partial charge is 0.217 e. The van der Waals surface area contributed by atoms with Crippen molar-refractivity contribution in [3.05, 3.63) is 41.6 Å². The summed E-state index contributed by atoms with van der Waals surface area (Å²) < 4.78 is 6.63. The van der Waals surface area contributed by atoms with Gasteiger partial charge in [-0.1, -0.05) is 0 Å². The zero-order valence-corrected chi connectivity index (χ0v) is 9.12. The summed E-state index contributed by atoms with van der Waals surface area (Å²) in [4.78, 5) is 10.5. The Morgan fingerprint density at radius 3 is 2.65 bits per heavy atom. The number of carbonyl (C=O) groups excluding carboxylic acids is 1. The Morgan fingerprint density at radius 1 is 1.41 bits per heavy atom. The van der Waals surface area contributed by atoms with Crippen molar-refractivity contribution in [2.24, 2.45) is 0 Å². The zero-order valence-electron chi connectivity index (χ0n) is 9.12. The summed E-state index contributed by atoms with van der Waals surface area (Å²) in [6.07, 6.45) is 0.769. The van der Waals surface area contributed by atoms with Crippen LogP contribution in [-0.2, 0) is 0 Å². The quantitative estimate of drug-likeness (QED) is 0.746. The highest BCUT2D eigenvalue weighted by atomic mass is 16.5. The van der Waals surface area contributed by atoms with Gasteiger partial charge in [-0.15, -0.1) is 0 Å². The number of rotatable bonds is 3. The Morgan fingerprint density at radius 2 is 2.12 bits per heavy atom. The second-order valence-electron chi connectivity index (χ2n) is 3.30. The van der Waals surface area contributed by atoms with Gasteiger partial charge in [-0.25, -0.2) is 0 Å². The predicted molar refractivity (Wildman–Crippen MR) is 60.2 cm³/mol. The molecular formula is C12H9N3O2. The van der Waals surface area contributed by atoms with Crippen molar-refractivity contribution in [1.29, 1.82) is 5.26 Å². The van der Waals surface area contributed by atoms with Crippen LogP contribution in [0.3, 0.4) is 0 Å². The van der Waals surface area contributed by atoms with E-state index in [-0.39, 0.29) is 5.69 Å². The second-order valence-corrected chi connectivity index (χ2v) is 3.30. The molecule has 0 unspecified atom stereocenters. The topological polar surface area (TPSA) is 67.9 Å². The Balaban J connectivity index is 2.48. The number of benzene rings is 1. The molecule has 0 saturated carbocycles. The Kier molecular flexibility index (Phi) is 2.88. The molecule has 0 aliphatic carbocycles. The van der Waals surface area contributed by atoms with E-state index in [0.717, 1.165) is 12.0 Å². The van der Waals surface area contributed by atoms with E-state index in [0.29, 0.717) is 11.4 Å². The number of nitriles is 1. The van der Waals surface area contributed by atoms with Gasteiger partial charge in [-0.3, -0.25) is 4.79 Å². The first-order chi connectivity index (χ1) is 8.28. The van der Waals surface area contributed by atoms with Crippen LogP contribution in [0.1, 0.15) is 16.1 Å². The average Bonchev–Trinajstić information content (AvgIpc) is 2.82. The SMILES string of the molecule is COc1cc(C#N)nn1-c1ccc(C=O)cc1. The third-order valence-corrected chi connectivity index (χ3v) is 2.27. The molecule has 5 nitrogen and oxygen atoms in total. The van der Waals surface area contributed by atoms with Gasteiger partial charge in [0, 0.05) is 11.6 Å². The Labute approximate surface area is 97.9 Å². The van der Waals surface area contributed by atoms with E-state index in [4.69, 9.17) is 10.00 Å². The lowest BCUT2D eigenvalue weighted by Gasteiger charge is -2.05. The third kappa shape index (κ3) is 2.01. The highest BCUT2D eigenvalue weighted by molar-refractivity contribution is 5.75. The van der Waals surface area contributed by atoms with Crippen LogP contribution in [0, 0.1) is 11.3 Å². The molecule has 0 N–H and O–H groups in total. The summed E-state index contributed by atoms with van der Waals surface area (Å²) in [5, 5.41) is 12.8. The van der Waals surface area contributed by atoms with Crippen molar-refractivity contribution in [2.75, 3.05) is 7.11 Å². The standard InChI is InChI=1S/C12H9N3O2/c1-17-12-6-10(7-13)14-15(12)11-4-2-9(8-16)3-5-11/h2-6,8H,1H3. The molecular weight excluding hydrogens is 218 g/mol. The van der Waals surface area contributed by atoms with Gasteiger partial charge in [0.25, 0.3) is 0 Å². The predicted octanol–water partition coefficient (Wildman–Crippen LogP) is 1.57. The summed E-state index contributed by atoms with van der Waals surface area (Å²) in [6, 6.07) is 10.3. The van der Waals surface area contributed by atoms with Gasteiger partial charge in [0.05, 0.1) is 12.8 Å². The minimum absolute atomic E-state index is 0.279. The number of nitrogens with zero attached hydrogens (tertiary/aromatic N) is 3. The van der Waals surface area contributed by atoms with Crippen LogP contribution >= 0.6 is 0 Å². The maximum absolute atomic E-state index is 10.5. The highest BCUT2D eigenvalue weighted by Gasteiger charge is 2.09. The van der Waals surface area contributed by atoms with Gasteiger partial charge >= 0.3 is 0 Å². The van der Waals surface area contributed by atoms with E-state index in [1.165, 1.54) is 11.8 Å². The fourth-order valence-corrected chi connectivity index (χ4v) is 1.44. The fourth-order valence-electron chi connectivity index (χ4n) is 1.44. The van der Waals surface area contributed by atoms with E-state index in [1.807, 2.05) is 6.07 Å². The maximum Gasteiger partial charge on any atom is 0.217 e. The normalized spacial score (nSPS) is 9.65. The molecule has 2 rings (SSSR count). The molecule has 0 bridgehead atoms. The van der Waals surface area contributed by atoms with Crippen LogP contribution in [0.2, 0.25) is 0 Å². The lowest BCUT2D eigenvalue weighted by atomic mass is 10.2. The Bertz CT molecular complexity index is 579. The first-order valence-electron chi connectivity index (χ1n) is 4.88. The van der Waals surface area contributed by atoms with Crippen LogP contribution in [0.15, 0.2) is 30.3 Å². The molecule has 0 atom stereocenters. The van der Waals surface area contributed by atoms with Crippen LogP contribution in [-0.4, -0.2) is 23.2 Å². The summed E-state index contributed by atoms with van der Waals surface area (Å²) in [5.74, 6) is 0.473. The highest BCUT2D eigenvalue weighted by Crippen LogP contribution is 2.18. The fraction of sp³-hybridized carbons (Fsp3) is 0.0833. The summed E-state index contributed by atoms with van der Waals surface area (Å²) >= 11 is 0. The van der Waals surface area contributed by atoms with Crippen molar-refractivity contribution in [3.63, 3.8) is 0 Å². The summed E-state index contributed by atoms with van der Waals surface area (Å²) in [6.45, 7) is 0. The van der Waals surface area contributed by atoms with Gasteiger partial charge in [-0.2, -0.15) is 15.0 Å². The molecule has 0 aliphatic rings. The number of ether oxygens (including phenoxy) is 1. The van der Waals surface area contributed by atoms with Crippen LogP contribution < -0.4 is 4.74 Å². The second kappa shape index (κ2) is 4.49. The van der Waals surface area contributed by atoms with E-state index in [9.17, 15) is 4.79 Å². The van der Waals surface area contributed by atoms with Crippen LogP contribution in [0.25, 0.3) is 5.69 Å². The van der Waals surface area contributed by atoms with Gasteiger partial charge in [0.15, 0.2) is 5.69 Å². The van der Waals surface area contributed by atoms with Gasteiger partial charge in [0.1, 0.15) is 12.4 Å². The largest absolute Gasteiger partial charge is 0.481 e. The zero-order chi connectivity index (χ0) is 12.3. The van der Waals surface area contributed by atoms with Gasteiger partial charge in [-0.05, 0) is 24.3 Å². The molecule has 0 fully saturated rings. The van der Waals surface area contributed by atoms with Crippen molar-refractivity contribution in [1.82, 2.24) is 9.78 Å². The number of methoxy groups -OCH3 is 1. The molecule has 1 aromatic carbocycles. The minimum Gasteiger partial charge on any atom is -0.481 e. The summed E-state index contributed by atoms with van der Waals surface area (Å²) in [7, 11) is 1.51. The van der Waals surface area contributed by atoms with Crippen LogP contribution in [0.5, 0.6) is 5.88 Å². The van der Waals surface area contributed by atoms with Crippen molar-refractivity contribution >= 4 is 6.29 Å². The monoisotopic (exact) mass is 227 g/mol. The molecule has 0 saturated heterocycles. The molecule has 1 aromatic heterocycles. The molecule has 0 aliphatic heterocycles. The van der Waals surface area contributed by atoms with Crippen molar-refractivity contribution < 1.29 is 9.53 Å². The van der Waals surface area contributed by atoms with E-state index >= 15 is 0 Å². The van der Waals surface area contributed by atoms with Gasteiger partial charge in [0.2, 0.25) is 5.88 Å². The van der Waals surface area contributed by atoms with Crippen molar-refractivity contribution in [3.8, 4) is 17.6 Å². The summed E-state index contributed by atoms with van der Waals surface area (Å²) in [5.41, 5.74) is 1.59. The molecule has 0 radical (unpaired) electrons. The third-order valence-electron chi connectivity index (χ3n) is 2.27. The molecule has 5 heteroatoms. The lowest BCUT2D eigenvalue weighted by Crippen LogP contribution is -2.00. The van der Waals surface area contributed by atoms with Crippen molar-refractivity contribution in [2.45, 2.75) is 0 Å². The van der Waals surface area contributed by atoms with Gasteiger partial charge < -0.3 is 4.74 Å². The molecule has 0 spiro atoms. The molecule has 84 valence electrons.